The van der Waals surface area contributed by atoms with Gasteiger partial charge < -0.3 is 19.8 Å². The standard InChI is InChI=1S/C24H33N3O3.ClH/c1-2-14-29-21-10-9-18(15-19(21)25)24(28)27-13-12-22-20(16-27)26-23(30-22)11-8-17-6-4-3-5-7-17;/h3-7,18-19,21H,2,8-16,25H2,1H3;1H/t18-,19+,21+;/m0./s1. The maximum Gasteiger partial charge on any atom is 0.226 e. The predicted molar refractivity (Wildman–Crippen MR) is 122 cm³/mol. The maximum atomic E-state index is 13.1. The van der Waals surface area contributed by atoms with Crippen LogP contribution in [-0.2, 0) is 35.3 Å². The minimum Gasteiger partial charge on any atom is -0.445 e. The van der Waals surface area contributed by atoms with Crippen molar-refractivity contribution in [1.82, 2.24) is 9.88 Å². The number of ether oxygens (including phenoxy) is 1. The van der Waals surface area contributed by atoms with Crippen molar-refractivity contribution >= 4 is 18.3 Å². The Morgan fingerprint density at radius 3 is 2.81 bits per heavy atom. The molecule has 0 bridgehead atoms. The van der Waals surface area contributed by atoms with Crippen LogP contribution in [0.5, 0.6) is 0 Å². The number of amides is 1. The van der Waals surface area contributed by atoms with Crippen LogP contribution >= 0.6 is 12.4 Å². The highest BCUT2D eigenvalue weighted by molar-refractivity contribution is 5.85. The van der Waals surface area contributed by atoms with Crippen molar-refractivity contribution in [3.63, 3.8) is 0 Å². The molecule has 0 unspecified atom stereocenters. The molecule has 0 radical (unpaired) electrons. The highest BCUT2D eigenvalue weighted by Gasteiger charge is 2.36. The number of nitrogens with two attached hydrogens (primary N) is 1. The van der Waals surface area contributed by atoms with Crippen molar-refractivity contribution in [2.45, 2.75) is 70.6 Å². The number of aryl methyl sites for hydroxylation is 2. The summed E-state index contributed by atoms with van der Waals surface area (Å²) >= 11 is 0. The lowest BCUT2D eigenvalue weighted by atomic mass is 9.83. The van der Waals surface area contributed by atoms with Crippen molar-refractivity contribution < 1.29 is 13.9 Å². The molecule has 1 aromatic carbocycles. The van der Waals surface area contributed by atoms with Crippen LogP contribution in [0.25, 0.3) is 0 Å². The van der Waals surface area contributed by atoms with Gasteiger partial charge in [-0.3, -0.25) is 4.79 Å². The van der Waals surface area contributed by atoms with Crippen LogP contribution in [0.3, 0.4) is 0 Å². The van der Waals surface area contributed by atoms with Crippen LogP contribution in [0.4, 0.5) is 0 Å². The lowest BCUT2D eigenvalue weighted by molar-refractivity contribution is -0.139. The zero-order valence-electron chi connectivity index (χ0n) is 18.3. The van der Waals surface area contributed by atoms with Gasteiger partial charge in [-0.15, -0.1) is 12.4 Å². The molecule has 6 nitrogen and oxygen atoms in total. The largest absolute Gasteiger partial charge is 0.445 e. The molecule has 2 N–H and O–H groups in total. The van der Waals surface area contributed by atoms with E-state index in [1.165, 1.54) is 5.56 Å². The van der Waals surface area contributed by atoms with Crippen LogP contribution in [0.1, 0.15) is 55.5 Å². The number of carbonyl (C=O) groups excluding carboxylic acids is 1. The van der Waals surface area contributed by atoms with Crippen molar-refractivity contribution in [2.75, 3.05) is 13.2 Å². The first-order valence-electron chi connectivity index (χ1n) is 11.3. The summed E-state index contributed by atoms with van der Waals surface area (Å²) in [7, 11) is 0. The first kappa shape index (κ1) is 23.8. The summed E-state index contributed by atoms with van der Waals surface area (Å²) in [4.78, 5) is 19.8. The number of aromatic nitrogens is 1. The van der Waals surface area contributed by atoms with Gasteiger partial charge in [-0.05, 0) is 37.7 Å². The normalized spacial score (nSPS) is 23.2. The quantitative estimate of drug-likeness (QED) is 0.700. The molecule has 170 valence electrons. The number of benzene rings is 1. The van der Waals surface area contributed by atoms with Gasteiger partial charge in [0.2, 0.25) is 5.91 Å². The molecule has 31 heavy (non-hydrogen) atoms. The van der Waals surface area contributed by atoms with Gasteiger partial charge in [0.1, 0.15) is 11.5 Å². The fourth-order valence-electron chi connectivity index (χ4n) is 4.58. The van der Waals surface area contributed by atoms with Gasteiger partial charge in [0.25, 0.3) is 0 Å². The third kappa shape index (κ3) is 5.88. The number of hydrogen-bond acceptors (Lipinski definition) is 5. The van der Waals surface area contributed by atoms with Crippen molar-refractivity contribution in [1.29, 1.82) is 0 Å². The summed E-state index contributed by atoms with van der Waals surface area (Å²) in [6.45, 7) is 4.08. The molecule has 1 fully saturated rings. The smallest absolute Gasteiger partial charge is 0.226 e. The Morgan fingerprint density at radius 1 is 1.26 bits per heavy atom. The lowest BCUT2D eigenvalue weighted by Gasteiger charge is -2.36. The third-order valence-corrected chi connectivity index (χ3v) is 6.27. The van der Waals surface area contributed by atoms with E-state index in [4.69, 9.17) is 19.9 Å². The van der Waals surface area contributed by atoms with E-state index >= 15 is 0 Å². The second kappa shape index (κ2) is 11.1. The summed E-state index contributed by atoms with van der Waals surface area (Å²) in [5.74, 6) is 1.91. The van der Waals surface area contributed by atoms with E-state index in [2.05, 4.69) is 31.2 Å². The van der Waals surface area contributed by atoms with Gasteiger partial charge in [-0.1, -0.05) is 37.3 Å². The van der Waals surface area contributed by atoms with E-state index in [0.717, 1.165) is 62.5 Å². The summed E-state index contributed by atoms with van der Waals surface area (Å²) in [6, 6.07) is 10.3. The van der Waals surface area contributed by atoms with Crippen LogP contribution in [0.15, 0.2) is 34.7 Å². The molecule has 2 aromatic rings. The van der Waals surface area contributed by atoms with Gasteiger partial charge in [0.05, 0.1) is 12.6 Å². The Hall–Kier alpha value is -1.89. The number of fused-ring (bicyclic) bond motifs is 1. The van der Waals surface area contributed by atoms with Gasteiger partial charge in [0.15, 0.2) is 5.89 Å². The number of nitrogens with zero attached hydrogens (tertiary/aromatic N) is 2. The van der Waals surface area contributed by atoms with Crippen molar-refractivity contribution in [3.8, 4) is 0 Å². The molecule has 1 aromatic heterocycles. The first-order chi connectivity index (χ1) is 14.6. The fourth-order valence-corrected chi connectivity index (χ4v) is 4.58. The maximum absolute atomic E-state index is 13.1. The van der Waals surface area contributed by atoms with Gasteiger partial charge in [0, 0.05) is 38.0 Å². The van der Waals surface area contributed by atoms with E-state index < -0.39 is 0 Å². The Labute approximate surface area is 190 Å². The molecule has 1 amide bonds. The highest BCUT2D eigenvalue weighted by Crippen LogP contribution is 2.29. The second-order valence-corrected chi connectivity index (χ2v) is 8.56. The summed E-state index contributed by atoms with van der Waals surface area (Å²) < 4.78 is 11.8. The van der Waals surface area contributed by atoms with E-state index in [1.54, 1.807) is 0 Å². The number of carbonyl (C=O) groups is 1. The zero-order chi connectivity index (χ0) is 20.9. The number of rotatable bonds is 7. The molecule has 1 aliphatic heterocycles. The van der Waals surface area contributed by atoms with E-state index in [-0.39, 0.29) is 36.4 Å². The molecule has 2 heterocycles. The molecule has 0 saturated heterocycles. The topological polar surface area (TPSA) is 81.6 Å². The average Bonchev–Trinajstić information content (AvgIpc) is 3.19. The van der Waals surface area contributed by atoms with Crippen molar-refractivity contribution in [2.24, 2.45) is 11.7 Å². The van der Waals surface area contributed by atoms with Gasteiger partial charge >= 0.3 is 0 Å². The minimum absolute atomic E-state index is 0. The average molecular weight is 448 g/mol. The molecule has 3 atom stereocenters. The first-order valence-corrected chi connectivity index (χ1v) is 11.3. The monoisotopic (exact) mass is 447 g/mol. The second-order valence-electron chi connectivity index (χ2n) is 8.56. The Bertz CT molecular complexity index is 842. The molecule has 2 aliphatic rings. The molecule has 1 aliphatic carbocycles. The lowest BCUT2D eigenvalue weighted by Crippen LogP contribution is -2.48. The molecule has 4 rings (SSSR count). The minimum atomic E-state index is -0.0590. The summed E-state index contributed by atoms with van der Waals surface area (Å²) in [5, 5.41) is 0. The van der Waals surface area contributed by atoms with Crippen LogP contribution in [0, 0.1) is 5.92 Å². The molecule has 1 saturated carbocycles. The predicted octanol–water partition coefficient (Wildman–Crippen LogP) is 3.69. The number of oxazole rings is 1. The van der Waals surface area contributed by atoms with E-state index in [0.29, 0.717) is 19.5 Å². The Morgan fingerprint density at radius 2 is 2.06 bits per heavy atom. The van der Waals surface area contributed by atoms with E-state index in [9.17, 15) is 4.79 Å². The number of halogens is 1. The van der Waals surface area contributed by atoms with Crippen LogP contribution in [-0.4, -0.2) is 41.1 Å². The molecule has 7 heteroatoms. The summed E-state index contributed by atoms with van der Waals surface area (Å²) in [5.41, 5.74) is 8.51. The number of hydrogen-bond donors (Lipinski definition) is 1. The van der Waals surface area contributed by atoms with Gasteiger partial charge in [-0.25, -0.2) is 4.98 Å². The molecule has 0 spiro atoms. The van der Waals surface area contributed by atoms with Gasteiger partial charge in [-0.2, -0.15) is 0 Å². The highest BCUT2D eigenvalue weighted by atomic mass is 35.5. The third-order valence-electron chi connectivity index (χ3n) is 6.27. The SMILES string of the molecule is CCCO[C@@H]1CC[C@H](C(=O)N2CCc3oc(CCc4ccccc4)nc3C2)C[C@H]1N.Cl. The van der Waals surface area contributed by atoms with Crippen LogP contribution < -0.4 is 5.73 Å². The molecular formula is C24H34ClN3O3. The fraction of sp³-hybridized carbons (Fsp3) is 0.583. The van der Waals surface area contributed by atoms with Crippen LogP contribution in [0.2, 0.25) is 0 Å². The Kier molecular flexibility index (Phi) is 8.52. The Balaban J connectivity index is 0.00000272. The molecular weight excluding hydrogens is 414 g/mol. The summed E-state index contributed by atoms with van der Waals surface area (Å²) in [6.07, 6.45) is 5.93. The van der Waals surface area contributed by atoms with E-state index in [1.807, 2.05) is 11.0 Å². The zero-order valence-corrected chi connectivity index (χ0v) is 19.1. The van der Waals surface area contributed by atoms with Crippen molar-refractivity contribution in [3.05, 3.63) is 53.2 Å².